The lowest BCUT2D eigenvalue weighted by Gasteiger charge is -2.11. The standard InChI is InChI=1S/C21H23NO2/c1-13(2)15-6-5-7-16(10-15)17-8-9-18-19(21(23)24)12-22(14(3)4)20(18)11-17/h5-14H,1-4H3,(H,23,24). The molecule has 1 N–H and O–H groups in total. The number of hydrogen-bond donors (Lipinski definition) is 1. The molecule has 2 aromatic carbocycles. The van der Waals surface area contributed by atoms with Gasteiger partial charge in [-0.05, 0) is 42.5 Å². The van der Waals surface area contributed by atoms with Crippen molar-refractivity contribution >= 4 is 16.9 Å². The number of nitrogens with zero attached hydrogens (tertiary/aromatic N) is 1. The molecule has 0 aliphatic carbocycles. The number of carbonyl (C=O) groups is 1. The highest BCUT2D eigenvalue weighted by molar-refractivity contribution is 6.04. The quantitative estimate of drug-likeness (QED) is 0.668. The number of hydrogen-bond acceptors (Lipinski definition) is 1. The summed E-state index contributed by atoms with van der Waals surface area (Å²) < 4.78 is 2.04. The van der Waals surface area contributed by atoms with Crippen molar-refractivity contribution in [2.45, 2.75) is 39.7 Å². The second kappa shape index (κ2) is 6.16. The zero-order chi connectivity index (χ0) is 17.4. The Morgan fingerprint density at radius 2 is 1.71 bits per heavy atom. The van der Waals surface area contributed by atoms with Crippen LogP contribution in [-0.4, -0.2) is 15.6 Å². The van der Waals surface area contributed by atoms with E-state index in [2.05, 4.69) is 58.0 Å². The Hall–Kier alpha value is -2.55. The van der Waals surface area contributed by atoms with Crippen molar-refractivity contribution in [3.05, 3.63) is 59.8 Å². The molecule has 0 atom stereocenters. The third kappa shape index (κ3) is 2.82. The van der Waals surface area contributed by atoms with Gasteiger partial charge in [-0.15, -0.1) is 0 Å². The Balaban J connectivity index is 2.19. The zero-order valence-electron chi connectivity index (χ0n) is 14.6. The van der Waals surface area contributed by atoms with E-state index in [9.17, 15) is 9.90 Å². The summed E-state index contributed by atoms with van der Waals surface area (Å²) in [5, 5.41) is 10.2. The molecule has 3 rings (SSSR count). The van der Waals surface area contributed by atoms with Gasteiger partial charge in [0.15, 0.2) is 0 Å². The molecule has 0 spiro atoms. The molecule has 0 bridgehead atoms. The third-order valence-electron chi connectivity index (χ3n) is 4.51. The Morgan fingerprint density at radius 3 is 2.33 bits per heavy atom. The highest BCUT2D eigenvalue weighted by Gasteiger charge is 2.16. The molecule has 3 aromatic rings. The number of aromatic carboxylic acids is 1. The number of fused-ring (bicyclic) bond motifs is 1. The maximum Gasteiger partial charge on any atom is 0.337 e. The van der Waals surface area contributed by atoms with E-state index in [-0.39, 0.29) is 6.04 Å². The first-order chi connectivity index (χ1) is 11.4. The van der Waals surface area contributed by atoms with Gasteiger partial charge in [0.25, 0.3) is 0 Å². The Kier molecular flexibility index (Phi) is 4.18. The molecular formula is C21H23NO2. The van der Waals surface area contributed by atoms with Gasteiger partial charge >= 0.3 is 5.97 Å². The van der Waals surface area contributed by atoms with E-state index in [1.165, 1.54) is 5.56 Å². The fourth-order valence-corrected chi connectivity index (χ4v) is 3.11. The van der Waals surface area contributed by atoms with Crippen LogP contribution in [0.1, 0.15) is 55.6 Å². The molecule has 24 heavy (non-hydrogen) atoms. The topological polar surface area (TPSA) is 42.2 Å². The second-order valence-electron chi connectivity index (χ2n) is 6.86. The molecule has 0 saturated carbocycles. The maximum atomic E-state index is 11.5. The minimum atomic E-state index is -0.881. The molecule has 0 aliphatic rings. The second-order valence-corrected chi connectivity index (χ2v) is 6.86. The molecule has 1 heterocycles. The average molecular weight is 321 g/mol. The van der Waals surface area contributed by atoms with Crippen molar-refractivity contribution in [3.8, 4) is 11.1 Å². The molecule has 3 nitrogen and oxygen atoms in total. The lowest BCUT2D eigenvalue weighted by molar-refractivity contribution is 0.0698. The van der Waals surface area contributed by atoms with Crippen molar-refractivity contribution in [2.24, 2.45) is 0 Å². The fourth-order valence-electron chi connectivity index (χ4n) is 3.11. The number of carboxylic acids is 1. The monoisotopic (exact) mass is 321 g/mol. The van der Waals surface area contributed by atoms with Gasteiger partial charge in [-0.2, -0.15) is 0 Å². The molecule has 0 fully saturated rings. The number of benzene rings is 2. The minimum absolute atomic E-state index is 0.206. The van der Waals surface area contributed by atoms with Crippen molar-refractivity contribution in [1.29, 1.82) is 0 Å². The van der Waals surface area contributed by atoms with Gasteiger partial charge in [0.05, 0.1) is 5.56 Å². The number of carboxylic acid groups (broad SMARTS) is 1. The van der Waals surface area contributed by atoms with Crippen molar-refractivity contribution in [2.75, 3.05) is 0 Å². The van der Waals surface area contributed by atoms with Gasteiger partial charge < -0.3 is 9.67 Å². The van der Waals surface area contributed by atoms with Crippen molar-refractivity contribution in [1.82, 2.24) is 4.57 Å². The maximum absolute atomic E-state index is 11.5. The predicted octanol–water partition coefficient (Wildman–Crippen LogP) is 5.71. The van der Waals surface area contributed by atoms with Crippen molar-refractivity contribution < 1.29 is 9.90 Å². The van der Waals surface area contributed by atoms with E-state index in [0.29, 0.717) is 11.5 Å². The molecular weight excluding hydrogens is 298 g/mol. The van der Waals surface area contributed by atoms with Crippen LogP contribution < -0.4 is 0 Å². The first kappa shape index (κ1) is 16.3. The van der Waals surface area contributed by atoms with Gasteiger partial charge in [-0.1, -0.05) is 50.2 Å². The summed E-state index contributed by atoms with van der Waals surface area (Å²) in [7, 11) is 0. The Bertz CT molecular complexity index is 903. The van der Waals surface area contributed by atoms with E-state index in [4.69, 9.17) is 0 Å². The van der Waals surface area contributed by atoms with E-state index in [1.807, 2.05) is 16.7 Å². The highest BCUT2D eigenvalue weighted by atomic mass is 16.4. The van der Waals surface area contributed by atoms with Crippen LogP contribution in [0.2, 0.25) is 0 Å². The predicted molar refractivity (Wildman–Crippen MR) is 98.8 cm³/mol. The van der Waals surface area contributed by atoms with Crippen LogP contribution >= 0.6 is 0 Å². The molecule has 1 aromatic heterocycles. The smallest absolute Gasteiger partial charge is 0.337 e. The normalized spacial score (nSPS) is 11.6. The first-order valence-corrected chi connectivity index (χ1v) is 8.36. The molecule has 3 heteroatoms. The summed E-state index contributed by atoms with van der Waals surface area (Å²) in [6.07, 6.45) is 1.74. The minimum Gasteiger partial charge on any atom is -0.478 e. The lowest BCUT2D eigenvalue weighted by atomic mass is 9.97. The molecule has 0 radical (unpaired) electrons. The zero-order valence-corrected chi connectivity index (χ0v) is 14.6. The fraction of sp³-hybridized carbons (Fsp3) is 0.286. The van der Waals surface area contributed by atoms with Crippen LogP contribution in [0.5, 0.6) is 0 Å². The summed E-state index contributed by atoms with van der Waals surface area (Å²) in [5.74, 6) is -0.402. The summed E-state index contributed by atoms with van der Waals surface area (Å²) in [5.41, 5.74) is 4.91. The summed E-state index contributed by atoms with van der Waals surface area (Å²) in [6, 6.07) is 14.8. The Labute approximate surface area is 142 Å². The molecule has 0 unspecified atom stereocenters. The van der Waals surface area contributed by atoms with Gasteiger partial charge in [-0.25, -0.2) is 4.79 Å². The van der Waals surface area contributed by atoms with Gasteiger partial charge in [-0.3, -0.25) is 0 Å². The van der Waals surface area contributed by atoms with Crippen LogP contribution in [0.3, 0.4) is 0 Å². The van der Waals surface area contributed by atoms with Crippen LogP contribution in [-0.2, 0) is 0 Å². The number of aromatic nitrogens is 1. The van der Waals surface area contributed by atoms with Gasteiger partial charge in [0, 0.05) is 23.1 Å². The summed E-state index contributed by atoms with van der Waals surface area (Å²) in [4.78, 5) is 11.5. The van der Waals surface area contributed by atoms with Crippen LogP contribution in [0.4, 0.5) is 0 Å². The lowest BCUT2D eigenvalue weighted by Crippen LogP contribution is -1.99. The van der Waals surface area contributed by atoms with E-state index >= 15 is 0 Å². The van der Waals surface area contributed by atoms with Crippen LogP contribution in [0.25, 0.3) is 22.0 Å². The summed E-state index contributed by atoms with van der Waals surface area (Å²) in [6.45, 7) is 8.50. The Morgan fingerprint density at radius 1 is 1.00 bits per heavy atom. The van der Waals surface area contributed by atoms with E-state index in [1.54, 1.807) is 6.20 Å². The average Bonchev–Trinajstić information content (AvgIpc) is 2.94. The van der Waals surface area contributed by atoms with Crippen molar-refractivity contribution in [3.63, 3.8) is 0 Å². The third-order valence-corrected chi connectivity index (χ3v) is 4.51. The van der Waals surface area contributed by atoms with E-state index < -0.39 is 5.97 Å². The van der Waals surface area contributed by atoms with Crippen LogP contribution in [0, 0.1) is 0 Å². The molecule has 0 saturated heterocycles. The molecule has 0 aliphatic heterocycles. The largest absolute Gasteiger partial charge is 0.478 e. The van der Waals surface area contributed by atoms with E-state index in [0.717, 1.165) is 22.0 Å². The van der Waals surface area contributed by atoms with Gasteiger partial charge in [0.2, 0.25) is 0 Å². The number of rotatable bonds is 4. The molecule has 0 amide bonds. The molecule has 124 valence electrons. The van der Waals surface area contributed by atoms with Gasteiger partial charge in [0.1, 0.15) is 0 Å². The highest BCUT2D eigenvalue weighted by Crippen LogP contribution is 2.31. The first-order valence-electron chi connectivity index (χ1n) is 8.36. The SMILES string of the molecule is CC(C)c1cccc(-c2ccc3c(C(=O)O)cn(C(C)C)c3c2)c1. The summed E-state index contributed by atoms with van der Waals surface area (Å²) >= 11 is 0. The van der Waals surface area contributed by atoms with Crippen LogP contribution in [0.15, 0.2) is 48.7 Å².